The van der Waals surface area contributed by atoms with Gasteiger partial charge in [0.25, 0.3) is 0 Å². The Balaban J connectivity index is 1.99. The topological polar surface area (TPSA) is 0 Å². The number of fused-ring (bicyclic) bond motifs is 1. The van der Waals surface area contributed by atoms with Crippen LogP contribution in [0.5, 0.6) is 0 Å². The van der Waals surface area contributed by atoms with E-state index in [9.17, 15) is 13.2 Å². The summed E-state index contributed by atoms with van der Waals surface area (Å²) in [6, 6.07) is 7.42. The molecule has 0 saturated heterocycles. The molecule has 0 aliphatic heterocycles. The third-order valence-electron chi connectivity index (χ3n) is 4.34. The Morgan fingerprint density at radius 3 is 2.39 bits per heavy atom. The minimum Gasteiger partial charge on any atom is -0.207 e. The summed E-state index contributed by atoms with van der Waals surface area (Å²) in [4.78, 5) is 0. The van der Waals surface area contributed by atoms with Gasteiger partial charge in [0.1, 0.15) is 17.5 Å². The fourth-order valence-corrected chi connectivity index (χ4v) is 3.11. The number of rotatable bonds is 4. The first-order valence-corrected chi connectivity index (χ1v) is 8.05. The largest absolute Gasteiger partial charge is 0.207 e. The Kier molecular flexibility index (Phi) is 4.56. The molecule has 0 N–H and O–H groups in total. The molecular weight excluding hydrogens is 297 g/mol. The van der Waals surface area contributed by atoms with E-state index >= 15 is 0 Å². The van der Waals surface area contributed by atoms with Crippen molar-refractivity contribution in [1.82, 2.24) is 0 Å². The molecule has 0 spiro atoms. The van der Waals surface area contributed by atoms with Crippen LogP contribution in [0.3, 0.4) is 0 Å². The van der Waals surface area contributed by atoms with Gasteiger partial charge in [-0.25, -0.2) is 13.2 Å². The second-order valence-electron chi connectivity index (χ2n) is 6.05. The molecule has 120 valence electrons. The smallest absolute Gasteiger partial charge is 0.133 e. The highest BCUT2D eigenvalue weighted by molar-refractivity contribution is 5.84. The predicted octanol–water partition coefficient (Wildman–Crippen LogP) is 5.93. The lowest BCUT2D eigenvalue weighted by Gasteiger charge is -2.18. The SMILES string of the molecule is CCCCc1cc(F)c(C2=Cc3cc(F)ccc3CC2)c(F)c1. The maximum Gasteiger partial charge on any atom is 0.133 e. The van der Waals surface area contributed by atoms with E-state index in [1.54, 1.807) is 12.1 Å². The molecule has 3 rings (SSSR count). The summed E-state index contributed by atoms with van der Waals surface area (Å²) < 4.78 is 42.2. The van der Waals surface area contributed by atoms with E-state index in [4.69, 9.17) is 0 Å². The molecule has 2 aromatic rings. The lowest BCUT2D eigenvalue weighted by molar-refractivity contribution is 0.570. The number of benzene rings is 2. The number of hydrogen-bond donors (Lipinski definition) is 0. The average molecular weight is 316 g/mol. The molecule has 0 bridgehead atoms. The molecule has 0 saturated carbocycles. The second-order valence-corrected chi connectivity index (χ2v) is 6.05. The first-order valence-electron chi connectivity index (χ1n) is 8.05. The third kappa shape index (κ3) is 3.34. The van der Waals surface area contributed by atoms with Gasteiger partial charge < -0.3 is 0 Å². The van der Waals surface area contributed by atoms with Crippen LogP contribution in [-0.2, 0) is 12.8 Å². The van der Waals surface area contributed by atoms with Gasteiger partial charge in [0.15, 0.2) is 0 Å². The fraction of sp³-hybridized carbons (Fsp3) is 0.300. The highest BCUT2D eigenvalue weighted by Gasteiger charge is 2.19. The highest BCUT2D eigenvalue weighted by atomic mass is 19.1. The van der Waals surface area contributed by atoms with Crippen molar-refractivity contribution in [3.05, 3.63) is 70.0 Å². The zero-order valence-electron chi connectivity index (χ0n) is 13.1. The van der Waals surface area contributed by atoms with Crippen LogP contribution >= 0.6 is 0 Å². The minimum atomic E-state index is -0.526. The van der Waals surface area contributed by atoms with Gasteiger partial charge in [-0.15, -0.1) is 0 Å². The van der Waals surface area contributed by atoms with Gasteiger partial charge in [0.05, 0.1) is 0 Å². The Hall–Kier alpha value is -2.03. The number of halogens is 3. The Labute approximate surface area is 134 Å². The molecule has 23 heavy (non-hydrogen) atoms. The summed E-state index contributed by atoms with van der Waals surface area (Å²) in [7, 11) is 0. The summed E-state index contributed by atoms with van der Waals surface area (Å²) in [5, 5.41) is 0. The molecule has 0 aromatic heterocycles. The molecule has 3 heteroatoms. The van der Waals surface area contributed by atoms with E-state index < -0.39 is 11.6 Å². The van der Waals surface area contributed by atoms with E-state index in [1.807, 2.05) is 6.92 Å². The van der Waals surface area contributed by atoms with Crippen molar-refractivity contribution in [2.45, 2.75) is 39.0 Å². The average Bonchev–Trinajstić information content (AvgIpc) is 2.52. The predicted molar refractivity (Wildman–Crippen MR) is 87.6 cm³/mol. The van der Waals surface area contributed by atoms with Crippen LogP contribution in [0, 0.1) is 17.5 Å². The standard InChI is InChI=1S/C20H19F3/c1-2-3-4-13-9-18(22)20(19(23)10-13)15-6-5-14-7-8-17(21)12-16(14)11-15/h7-12H,2-6H2,1H3. The van der Waals surface area contributed by atoms with Crippen molar-refractivity contribution in [2.75, 3.05) is 0 Å². The molecule has 0 heterocycles. The van der Waals surface area contributed by atoms with Gasteiger partial charge in [0, 0.05) is 5.56 Å². The molecule has 1 aliphatic carbocycles. The molecule has 0 radical (unpaired) electrons. The molecule has 0 nitrogen and oxygen atoms in total. The van der Waals surface area contributed by atoms with Crippen molar-refractivity contribution in [3.63, 3.8) is 0 Å². The number of hydrogen-bond acceptors (Lipinski definition) is 0. The zero-order chi connectivity index (χ0) is 16.4. The van der Waals surface area contributed by atoms with Crippen LogP contribution in [0.2, 0.25) is 0 Å². The van der Waals surface area contributed by atoms with E-state index in [-0.39, 0.29) is 11.4 Å². The van der Waals surface area contributed by atoms with Crippen molar-refractivity contribution in [1.29, 1.82) is 0 Å². The summed E-state index contributed by atoms with van der Waals surface area (Å²) in [6.45, 7) is 2.05. The van der Waals surface area contributed by atoms with Gasteiger partial charge >= 0.3 is 0 Å². The van der Waals surface area contributed by atoms with Crippen molar-refractivity contribution >= 4 is 11.6 Å². The molecule has 0 fully saturated rings. The number of aryl methyl sites for hydroxylation is 2. The van der Waals surface area contributed by atoms with Gasteiger partial charge in [-0.2, -0.15) is 0 Å². The molecule has 0 unspecified atom stereocenters. The normalized spacial score (nSPS) is 13.7. The monoisotopic (exact) mass is 316 g/mol. The molecule has 0 amide bonds. The Bertz CT molecular complexity index is 736. The van der Waals surface area contributed by atoms with Crippen molar-refractivity contribution in [3.8, 4) is 0 Å². The van der Waals surface area contributed by atoms with Crippen molar-refractivity contribution in [2.24, 2.45) is 0 Å². The molecular formula is C20H19F3. The molecule has 0 atom stereocenters. The zero-order valence-corrected chi connectivity index (χ0v) is 13.1. The maximum atomic E-state index is 14.4. The fourth-order valence-electron chi connectivity index (χ4n) is 3.11. The van der Waals surface area contributed by atoms with Gasteiger partial charge in [-0.3, -0.25) is 0 Å². The van der Waals surface area contributed by atoms with Crippen LogP contribution in [0.25, 0.3) is 11.6 Å². The van der Waals surface area contributed by atoms with Gasteiger partial charge in [-0.05, 0) is 72.2 Å². The van der Waals surface area contributed by atoms with Gasteiger partial charge in [-0.1, -0.05) is 25.5 Å². The summed E-state index contributed by atoms with van der Waals surface area (Å²) in [5.74, 6) is -1.39. The summed E-state index contributed by atoms with van der Waals surface area (Å²) in [5.41, 5.74) is 3.03. The van der Waals surface area contributed by atoms with Crippen molar-refractivity contribution < 1.29 is 13.2 Å². The Morgan fingerprint density at radius 1 is 0.957 bits per heavy atom. The minimum absolute atomic E-state index is 0.0279. The Morgan fingerprint density at radius 2 is 1.70 bits per heavy atom. The molecule has 1 aliphatic rings. The quantitative estimate of drug-likeness (QED) is 0.655. The number of unbranched alkanes of at least 4 members (excludes halogenated alkanes) is 1. The first-order chi connectivity index (χ1) is 11.1. The second kappa shape index (κ2) is 6.61. The third-order valence-corrected chi connectivity index (χ3v) is 4.34. The lowest BCUT2D eigenvalue weighted by atomic mass is 9.87. The maximum absolute atomic E-state index is 14.4. The first kappa shape index (κ1) is 15.9. The van der Waals surface area contributed by atoms with Crippen LogP contribution in [0.15, 0.2) is 30.3 Å². The van der Waals surface area contributed by atoms with Gasteiger partial charge in [0.2, 0.25) is 0 Å². The van der Waals surface area contributed by atoms with Crippen LogP contribution in [0.4, 0.5) is 13.2 Å². The lowest BCUT2D eigenvalue weighted by Crippen LogP contribution is -2.04. The summed E-state index contributed by atoms with van der Waals surface area (Å²) >= 11 is 0. The van der Waals surface area contributed by atoms with E-state index in [2.05, 4.69) is 0 Å². The van der Waals surface area contributed by atoms with Crippen LogP contribution in [-0.4, -0.2) is 0 Å². The van der Waals surface area contributed by atoms with Crippen LogP contribution in [0.1, 0.15) is 48.4 Å². The molecule has 2 aromatic carbocycles. The van der Waals surface area contributed by atoms with E-state index in [0.29, 0.717) is 36.0 Å². The number of allylic oxidation sites excluding steroid dienone is 1. The summed E-state index contributed by atoms with van der Waals surface area (Å²) in [6.07, 6.45) is 5.50. The van der Waals surface area contributed by atoms with E-state index in [1.165, 1.54) is 24.3 Å². The van der Waals surface area contributed by atoms with Crippen LogP contribution < -0.4 is 0 Å². The van der Waals surface area contributed by atoms with E-state index in [0.717, 1.165) is 18.4 Å². The highest BCUT2D eigenvalue weighted by Crippen LogP contribution is 2.34.